The number of nitrogens with two attached hydrogens (primary N) is 1. The summed E-state index contributed by atoms with van der Waals surface area (Å²) in [7, 11) is 0. The molecule has 0 amide bonds. The third-order valence-electron chi connectivity index (χ3n) is 1.95. The Hall–Kier alpha value is -0.0900. The molecule has 3 N–H and O–H groups in total. The number of hydrazine groups is 1. The maximum Gasteiger partial charge on any atom is 0.0259 e. The van der Waals surface area contributed by atoms with E-state index in [4.69, 9.17) is 17.4 Å². The van der Waals surface area contributed by atoms with Crippen LogP contribution in [0.5, 0.6) is 0 Å². The molecule has 0 aromatic carbocycles. The molecular weight excluding hydrogens is 204 g/mol. The number of hydrogen-bond acceptors (Lipinski definition) is 3. The fourth-order valence-electron chi connectivity index (χ4n) is 1.24. The van der Waals surface area contributed by atoms with Crippen molar-refractivity contribution < 1.29 is 0 Å². The first kappa shape index (κ1) is 11.0. The van der Waals surface area contributed by atoms with Crippen molar-refractivity contribution in [1.29, 1.82) is 0 Å². The van der Waals surface area contributed by atoms with Crippen LogP contribution >= 0.6 is 22.9 Å². The maximum atomic E-state index is 5.62. The highest BCUT2D eigenvalue weighted by atomic mass is 35.5. The summed E-state index contributed by atoms with van der Waals surface area (Å²) in [5, 5.41) is 2.09. The van der Waals surface area contributed by atoms with E-state index in [-0.39, 0.29) is 0 Å². The van der Waals surface area contributed by atoms with E-state index in [1.807, 2.05) is 0 Å². The van der Waals surface area contributed by atoms with Crippen molar-refractivity contribution in [2.75, 3.05) is 5.88 Å². The largest absolute Gasteiger partial charge is 0.271 e. The topological polar surface area (TPSA) is 38.0 Å². The van der Waals surface area contributed by atoms with Gasteiger partial charge in [-0.25, -0.2) is 0 Å². The molecule has 0 saturated heterocycles. The van der Waals surface area contributed by atoms with E-state index in [0.29, 0.717) is 11.9 Å². The summed E-state index contributed by atoms with van der Waals surface area (Å²) in [5.41, 5.74) is 2.82. The summed E-state index contributed by atoms with van der Waals surface area (Å²) < 4.78 is 0. The van der Waals surface area contributed by atoms with Gasteiger partial charge in [0.2, 0.25) is 0 Å². The number of alkyl halides is 1. The summed E-state index contributed by atoms with van der Waals surface area (Å²) in [6, 6.07) is 4.56. The molecule has 1 heterocycles. The molecule has 1 aromatic rings. The van der Waals surface area contributed by atoms with Gasteiger partial charge in [-0.05, 0) is 30.7 Å². The second-order valence-corrected chi connectivity index (χ2v) is 4.39. The Labute approximate surface area is 88.1 Å². The molecule has 0 bridgehead atoms. The average molecular weight is 219 g/mol. The maximum absolute atomic E-state index is 5.62. The number of thiophene rings is 1. The average Bonchev–Trinajstić information content (AvgIpc) is 2.64. The van der Waals surface area contributed by atoms with Crippen LogP contribution in [0.4, 0.5) is 0 Å². The summed E-state index contributed by atoms with van der Waals surface area (Å²) >= 11 is 7.39. The van der Waals surface area contributed by atoms with Crippen LogP contribution in [0.1, 0.15) is 17.7 Å². The third-order valence-corrected chi connectivity index (χ3v) is 3.12. The minimum Gasteiger partial charge on any atom is -0.271 e. The fourth-order valence-corrected chi connectivity index (χ4v) is 2.18. The lowest BCUT2D eigenvalue weighted by atomic mass is 10.1. The highest BCUT2D eigenvalue weighted by Crippen LogP contribution is 2.13. The van der Waals surface area contributed by atoms with Gasteiger partial charge in [-0.2, -0.15) is 0 Å². The fraction of sp³-hybridized carbons (Fsp3) is 0.556. The first-order valence-corrected chi connectivity index (χ1v) is 5.82. The van der Waals surface area contributed by atoms with E-state index in [9.17, 15) is 0 Å². The number of rotatable bonds is 6. The molecule has 4 heteroatoms. The summed E-state index contributed by atoms with van der Waals surface area (Å²) in [4.78, 5) is 1.37. The van der Waals surface area contributed by atoms with Crippen molar-refractivity contribution in [3.63, 3.8) is 0 Å². The van der Waals surface area contributed by atoms with Crippen LogP contribution in [0.3, 0.4) is 0 Å². The van der Waals surface area contributed by atoms with Gasteiger partial charge in [0.25, 0.3) is 0 Å². The van der Waals surface area contributed by atoms with Crippen molar-refractivity contribution in [3.8, 4) is 0 Å². The minimum atomic E-state index is 0.359. The lowest BCUT2D eigenvalue weighted by Crippen LogP contribution is -2.36. The van der Waals surface area contributed by atoms with E-state index in [2.05, 4.69) is 22.9 Å². The normalized spacial score (nSPS) is 13.1. The van der Waals surface area contributed by atoms with Gasteiger partial charge in [-0.3, -0.25) is 11.3 Å². The minimum absolute atomic E-state index is 0.359. The Kier molecular flexibility index (Phi) is 5.39. The molecule has 0 radical (unpaired) electrons. The van der Waals surface area contributed by atoms with E-state index in [1.54, 1.807) is 11.3 Å². The van der Waals surface area contributed by atoms with Gasteiger partial charge in [0.15, 0.2) is 0 Å². The Balaban J connectivity index is 2.31. The zero-order valence-corrected chi connectivity index (χ0v) is 9.07. The van der Waals surface area contributed by atoms with Crippen LogP contribution in [0.15, 0.2) is 17.5 Å². The van der Waals surface area contributed by atoms with Crippen LogP contribution in [-0.4, -0.2) is 11.9 Å². The Bertz CT molecular complexity index is 213. The molecule has 1 unspecified atom stereocenters. The van der Waals surface area contributed by atoms with Gasteiger partial charge in [-0.15, -0.1) is 22.9 Å². The lowest BCUT2D eigenvalue weighted by molar-refractivity contribution is 0.490. The first-order chi connectivity index (χ1) is 6.36. The molecule has 2 nitrogen and oxygen atoms in total. The predicted octanol–water partition coefficient (Wildman–Crippen LogP) is 2.14. The molecule has 74 valence electrons. The second kappa shape index (κ2) is 6.38. The Morgan fingerprint density at radius 1 is 1.62 bits per heavy atom. The zero-order valence-electron chi connectivity index (χ0n) is 7.50. The van der Waals surface area contributed by atoms with E-state index < -0.39 is 0 Å². The van der Waals surface area contributed by atoms with Gasteiger partial charge < -0.3 is 0 Å². The second-order valence-electron chi connectivity index (χ2n) is 2.98. The molecule has 13 heavy (non-hydrogen) atoms. The highest BCUT2D eigenvalue weighted by molar-refractivity contribution is 7.09. The van der Waals surface area contributed by atoms with E-state index >= 15 is 0 Å². The van der Waals surface area contributed by atoms with Gasteiger partial charge in [0.1, 0.15) is 0 Å². The molecule has 1 aromatic heterocycles. The molecular formula is C9H15ClN2S. The zero-order chi connectivity index (χ0) is 9.52. The van der Waals surface area contributed by atoms with Crippen LogP contribution in [0.25, 0.3) is 0 Å². The molecule has 0 saturated carbocycles. The number of halogens is 1. The Morgan fingerprint density at radius 2 is 2.46 bits per heavy atom. The van der Waals surface area contributed by atoms with Crippen molar-refractivity contribution in [1.82, 2.24) is 5.43 Å². The van der Waals surface area contributed by atoms with Gasteiger partial charge in [-0.1, -0.05) is 6.07 Å². The molecule has 0 spiro atoms. The van der Waals surface area contributed by atoms with Gasteiger partial charge >= 0.3 is 0 Å². The standard InChI is InChI=1S/C9H15ClN2S/c10-5-1-3-8(12-11)7-9-4-2-6-13-9/h2,4,6,8,12H,1,3,5,7,11H2. The number of hydrogen-bond donors (Lipinski definition) is 2. The Morgan fingerprint density at radius 3 is 3.00 bits per heavy atom. The van der Waals surface area contributed by atoms with E-state index in [1.165, 1.54) is 4.88 Å². The molecule has 0 fully saturated rings. The predicted molar refractivity (Wildman–Crippen MR) is 59.1 cm³/mol. The van der Waals surface area contributed by atoms with Crippen LogP contribution in [-0.2, 0) is 6.42 Å². The van der Waals surface area contributed by atoms with Crippen LogP contribution < -0.4 is 11.3 Å². The van der Waals surface area contributed by atoms with Crippen LogP contribution in [0.2, 0.25) is 0 Å². The first-order valence-electron chi connectivity index (χ1n) is 4.41. The molecule has 1 atom stereocenters. The van der Waals surface area contributed by atoms with Crippen molar-refractivity contribution >= 4 is 22.9 Å². The van der Waals surface area contributed by atoms with Crippen molar-refractivity contribution in [2.45, 2.75) is 25.3 Å². The SMILES string of the molecule is NNC(CCCCl)Cc1cccs1. The summed E-state index contributed by atoms with van der Waals surface area (Å²) in [6.45, 7) is 0. The van der Waals surface area contributed by atoms with Gasteiger partial charge in [0, 0.05) is 16.8 Å². The van der Waals surface area contributed by atoms with Gasteiger partial charge in [0.05, 0.1) is 0 Å². The van der Waals surface area contributed by atoms with Crippen LogP contribution in [0, 0.1) is 0 Å². The quantitative estimate of drug-likeness (QED) is 0.436. The van der Waals surface area contributed by atoms with Crippen molar-refractivity contribution in [2.24, 2.45) is 5.84 Å². The molecule has 0 aliphatic rings. The van der Waals surface area contributed by atoms with Crippen molar-refractivity contribution in [3.05, 3.63) is 22.4 Å². The molecule has 0 aliphatic heterocycles. The third kappa shape index (κ3) is 4.09. The smallest absolute Gasteiger partial charge is 0.0259 e. The lowest BCUT2D eigenvalue weighted by Gasteiger charge is -2.13. The number of nitrogens with one attached hydrogen (secondary N) is 1. The molecule has 1 rings (SSSR count). The summed E-state index contributed by atoms with van der Waals surface area (Å²) in [5.74, 6) is 6.15. The molecule has 0 aliphatic carbocycles. The summed E-state index contributed by atoms with van der Waals surface area (Å²) in [6.07, 6.45) is 3.06. The van der Waals surface area contributed by atoms with E-state index in [0.717, 1.165) is 19.3 Å². The monoisotopic (exact) mass is 218 g/mol. The highest BCUT2D eigenvalue weighted by Gasteiger charge is 2.07.